The fraction of sp³-hybridized carbons (Fsp3) is 0.450. The molecule has 5 heterocycles. The van der Waals surface area contributed by atoms with Crippen molar-refractivity contribution in [3.05, 3.63) is 45.6 Å². The number of halogens is 1. The molecule has 0 aromatic carbocycles. The van der Waals surface area contributed by atoms with Gasteiger partial charge in [-0.05, 0) is 43.0 Å². The molecule has 11 nitrogen and oxygen atoms in total. The molecule has 1 aliphatic heterocycles. The maximum atomic E-state index is 13.0. The van der Waals surface area contributed by atoms with Crippen molar-refractivity contribution in [1.29, 1.82) is 0 Å². The van der Waals surface area contributed by atoms with E-state index in [1.54, 1.807) is 28.6 Å². The van der Waals surface area contributed by atoms with Crippen LogP contribution in [0, 0.1) is 6.92 Å². The van der Waals surface area contributed by atoms with Gasteiger partial charge in [0.05, 0.1) is 43.4 Å². The molecule has 2 fully saturated rings. The van der Waals surface area contributed by atoms with Gasteiger partial charge in [-0.1, -0.05) is 0 Å². The van der Waals surface area contributed by atoms with Crippen LogP contribution in [0.3, 0.4) is 0 Å². The predicted octanol–water partition coefficient (Wildman–Crippen LogP) is 1.00. The number of aromatic nitrogens is 7. The number of nitrogens with two attached hydrogens (primary N) is 1. The number of morpholine rings is 1. The summed E-state index contributed by atoms with van der Waals surface area (Å²) in [5, 5.41) is 6.73. The van der Waals surface area contributed by atoms with Crippen molar-refractivity contribution >= 4 is 34.1 Å². The SMILES string of the molecule is Cc1cc2nc(C3CC4(C3)CN(n3c(=O)n(C)c5cnc(Cl)nc53)CCO4)nn2cc1N. The second kappa shape index (κ2) is 6.66. The van der Waals surface area contributed by atoms with Crippen LogP contribution in [0.2, 0.25) is 5.28 Å². The summed E-state index contributed by atoms with van der Waals surface area (Å²) in [4.78, 5) is 26.0. The van der Waals surface area contributed by atoms with E-state index in [1.165, 1.54) is 4.57 Å². The third kappa shape index (κ3) is 2.81. The lowest BCUT2D eigenvalue weighted by molar-refractivity contribution is -0.123. The van der Waals surface area contributed by atoms with Gasteiger partial charge in [0, 0.05) is 13.0 Å². The Morgan fingerprint density at radius 3 is 2.94 bits per heavy atom. The molecule has 0 bridgehead atoms. The number of imidazole rings is 1. The number of rotatable bonds is 2. The molecule has 0 amide bonds. The highest BCUT2D eigenvalue weighted by Crippen LogP contribution is 2.47. The number of anilines is 1. The minimum atomic E-state index is -0.353. The Kier molecular flexibility index (Phi) is 4.06. The molecule has 166 valence electrons. The van der Waals surface area contributed by atoms with E-state index >= 15 is 0 Å². The summed E-state index contributed by atoms with van der Waals surface area (Å²) in [6.45, 7) is 3.63. The van der Waals surface area contributed by atoms with Crippen LogP contribution in [0.5, 0.6) is 0 Å². The number of pyridine rings is 1. The molecule has 2 N–H and O–H groups in total. The Morgan fingerprint density at radius 1 is 1.31 bits per heavy atom. The number of ether oxygens (including phenoxy) is 1. The van der Waals surface area contributed by atoms with Crippen LogP contribution in [-0.2, 0) is 11.8 Å². The zero-order valence-electron chi connectivity index (χ0n) is 17.7. The second-order valence-electron chi connectivity index (χ2n) is 8.71. The van der Waals surface area contributed by atoms with Crippen LogP contribution in [0.25, 0.3) is 16.8 Å². The van der Waals surface area contributed by atoms with E-state index in [9.17, 15) is 4.79 Å². The Morgan fingerprint density at radius 2 is 2.12 bits per heavy atom. The van der Waals surface area contributed by atoms with Crippen molar-refractivity contribution in [2.75, 3.05) is 30.4 Å². The fourth-order valence-corrected chi connectivity index (χ4v) is 4.95. The van der Waals surface area contributed by atoms with Crippen molar-refractivity contribution in [2.24, 2.45) is 7.05 Å². The minimum absolute atomic E-state index is 0.109. The summed E-state index contributed by atoms with van der Waals surface area (Å²) in [5.74, 6) is 0.987. The van der Waals surface area contributed by atoms with Gasteiger partial charge in [0.2, 0.25) is 5.28 Å². The average molecular weight is 456 g/mol. The summed E-state index contributed by atoms with van der Waals surface area (Å²) >= 11 is 6.01. The molecule has 0 atom stereocenters. The molecule has 6 rings (SSSR count). The van der Waals surface area contributed by atoms with Crippen LogP contribution in [-0.4, -0.2) is 59.1 Å². The summed E-state index contributed by atoms with van der Waals surface area (Å²) < 4.78 is 11.1. The van der Waals surface area contributed by atoms with E-state index in [-0.39, 0.29) is 22.5 Å². The molecule has 0 unspecified atom stereocenters. The summed E-state index contributed by atoms with van der Waals surface area (Å²) in [7, 11) is 1.71. The molecule has 1 spiro atoms. The number of aryl methyl sites for hydroxylation is 2. The number of fused-ring (bicyclic) bond motifs is 2. The third-order valence-corrected chi connectivity index (χ3v) is 6.78. The number of hydrogen-bond donors (Lipinski definition) is 1. The average Bonchev–Trinajstić information content (AvgIpc) is 3.24. The van der Waals surface area contributed by atoms with Crippen LogP contribution >= 0.6 is 11.6 Å². The zero-order chi connectivity index (χ0) is 22.2. The molecule has 1 saturated heterocycles. The van der Waals surface area contributed by atoms with E-state index in [4.69, 9.17) is 27.1 Å². The molecular formula is C20H22ClN9O2. The predicted molar refractivity (Wildman–Crippen MR) is 119 cm³/mol. The first-order chi connectivity index (χ1) is 15.3. The Hall–Kier alpha value is -3.18. The first-order valence-electron chi connectivity index (χ1n) is 10.5. The molecule has 32 heavy (non-hydrogen) atoms. The molecular weight excluding hydrogens is 434 g/mol. The Labute approximate surface area is 187 Å². The summed E-state index contributed by atoms with van der Waals surface area (Å²) in [5.41, 5.74) is 9.06. The van der Waals surface area contributed by atoms with E-state index in [1.807, 2.05) is 18.0 Å². The van der Waals surface area contributed by atoms with Gasteiger partial charge in [-0.25, -0.2) is 19.3 Å². The molecule has 4 aromatic heterocycles. The fourth-order valence-electron chi connectivity index (χ4n) is 4.82. The summed E-state index contributed by atoms with van der Waals surface area (Å²) in [6.07, 6.45) is 4.93. The Balaban J connectivity index is 1.27. The van der Waals surface area contributed by atoms with Crippen molar-refractivity contribution in [2.45, 2.75) is 31.3 Å². The molecule has 0 radical (unpaired) electrons. The number of nitrogens with zero attached hydrogens (tertiary/aromatic N) is 8. The van der Waals surface area contributed by atoms with Gasteiger partial charge in [-0.2, -0.15) is 14.8 Å². The topological polar surface area (TPSA) is 121 Å². The third-order valence-electron chi connectivity index (χ3n) is 6.60. The lowest BCUT2D eigenvalue weighted by atomic mass is 9.69. The van der Waals surface area contributed by atoms with Gasteiger partial charge in [0.1, 0.15) is 5.52 Å². The van der Waals surface area contributed by atoms with Gasteiger partial charge in [0.25, 0.3) is 0 Å². The maximum absolute atomic E-state index is 13.0. The lowest BCUT2D eigenvalue weighted by Crippen LogP contribution is -2.62. The van der Waals surface area contributed by atoms with Crippen LogP contribution in [0.1, 0.15) is 30.1 Å². The van der Waals surface area contributed by atoms with E-state index < -0.39 is 0 Å². The van der Waals surface area contributed by atoms with Crippen molar-refractivity contribution in [1.82, 2.24) is 33.8 Å². The minimum Gasteiger partial charge on any atom is -0.397 e. The van der Waals surface area contributed by atoms with Crippen LogP contribution < -0.4 is 16.4 Å². The largest absolute Gasteiger partial charge is 0.397 e. The maximum Gasteiger partial charge on any atom is 0.349 e. The molecule has 2 aliphatic rings. The first kappa shape index (κ1) is 19.5. The van der Waals surface area contributed by atoms with Gasteiger partial charge >= 0.3 is 5.69 Å². The monoisotopic (exact) mass is 455 g/mol. The van der Waals surface area contributed by atoms with Crippen LogP contribution in [0.4, 0.5) is 5.69 Å². The first-order valence-corrected chi connectivity index (χ1v) is 10.8. The second-order valence-corrected chi connectivity index (χ2v) is 9.05. The highest BCUT2D eigenvalue weighted by Gasteiger charge is 2.50. The summed E-state index contributed by atoms with van der Waals surface area (Å²) in [6, 6.07) is 1.94. The standard InChI is InChI=1S/C20H22ClN9O2/c1-11-5-15-24-16(26-29(15)9-13(11)22)12-6-20(7-12)10-28(3-4-32-20)30-17-14(27(2)19(30)31)8-23-18(21)25-17/h5,8-9,12H,3-4,6-7,10,22H2,1-2H3. The number of hydrogen-bond acceptors (Lipinski definition) is 8. The van der Waals surface area contributed by atoms with Crippen LogP contribution in [0.15, 0.2) is 23.3 Å². The van der Waals surface area contributed by atoms with E-state index in [0.29, 0.717) is 36.5 Å². The van der Waals surface area contributed by atoms with Gasteiger partial charge < -0.3 is 15.5 Å². The lowest BCUT2D eigenvalue weighted by Gasteiger charge is -2.51. The smallest absolute Gasteiger partial charge is 0.349 e. The normalized spacial score (nSPS) is 23.3. The van der Waals surface area contributed by atoms with Crippen molar-refractivity contribution in [3.63, 3.8) is 0 Å². The van der Waals surface area contributed by atoms with Gasteiger partial charge in [-0.15, -0.1) is 0 Å². The van der Waals surface area contributed by atoms with Gasteiger partial charge in [0.15, 0.2) is 17.1 Å². The van der Waals surface area contributed by atoms with E-state index in [0.717, 1.165) is 29.9 Å². The Bertz CT molecular complexity index is 1390. The quantitative estimate of drug-likeness (QED) is 0.444. The molecule has 1 saturated carbocycles. The zero-order valence-corrected chi connectivity index (χ0v) is 18.5. The highest BCUT2D eigenvalue weighted by atomic mass is 35.5. The molecule has 12 heteroatoms. The highest BCUT2D eigenvalue weighted by molar-refractivity contribution is 6.28. The number of nitrogen functional groups attached to an aromatic ring is 1. The van der Waals surface area contributed by atoms with Crippen molar-refractivity contribution < 1.29 is 4.74 Å². The molecule has 1 aliphatic carbocycles. The van der Waals surface area contributed by atoms with Crippen molar-refractivity contribution in [3.8, 4) is 0 Å². The van der Waals surface area contributed by atoms with Gasteiger partial charge in [-0.3, -0.25) is 4.57 Å². The molecule has 4 aromatic rings. The van der Waals surface area contributed by atoms with E-state index in [2.05, 4.69) is 15.1 Å².